The van der Waals surface area contributed by atoms with E-state index >= 15 is 0 Å². The second-order valence-electron chi connectivity index (χ2n) is 4.80. The first-order valence-corrected chi connectivity index (χ1v) is 7.19. The number of Topliss-reactive ketones (excluding diaryl/α,β-unsaturated/α-hetero) is 1. The van der Waals surface area contributed by atoms with Crippen molar-refractivity contribution in [3.63, 3.8) is 0 Å². The van der Waals surface area contributed by atoms with Crippen LogP contribution in [0.3, 0.4) is 0 Å². The van der Waals surface area contributed by atoms with Crippen LogP contribution in [0.1, 0.15) is 16.8 Å². The van der Waals surface area contributed by atoms with E-state index < -0.39 is 10.8 Å². The Morgan fingerprint density at radius 2 is 1.88 bits per heavy atom. The molecule has 0 spiro atoms. The molecule has 1 amide bonds. The summed E-state index contributed by atoms with van der Waals surface area (Å²) in [5.74, 6) is -0.326. The zero-order valence-electron chi connectivity index (χ0n) is 12.6. The largest absolute Gasteiger partial charge is 0.497 e. The molecule has 8 heteroatoms. The van der Waals surface area contributed by atoms with Gasteiger partial charge < -0.3 is 10.1 Å². The van der Waals surface area contributed by atoms with Crippen molar-refractivity contribution in [3.05, 3.63) is 63.2 Å². The predicted octanol–water partition coefficient (Wildman–Crippen LogP) is 3.47. The number of halogens is 1. The van der Waals surface area contributed by atoms with Crippen LogP contribution < -0.4 is 10.1 Å². The number of ether oxygens (including phenoxy) is 1. The van der Waals surface area contributed by atoms with Crippen LogP contribution in [0, 0.1) is 10.1 Å². The van der Waals surface area contributed by atoms with Crippen LogP contribution in [0.15, 0.2) is 42.5 Å². The van der Waals surface area contributed by atoms with Crippen molar-refractivity contribution in [2.75, 3.05) is 12.4 Å². The number of carbonyl (C=O) groups excluding carboxylic acids is 2. The molecule has 0 saturated heterocycles. The number of amides is 1. The maximum atomic E-state index is 12.0. The van der Waals surface area contributed by atoms with Crippen molar-refractivity contribution in [1.29, 1.82) is 0 Å². The van der Waals surface area contributed by atoms with Gasteiger partial charge in [0.2, 0.25) is 5.91 Å². The van der Waals surface area contributed by atoms with Gasteiger partial charge in [0, 0.05) is 17.7 Å². The van der Waals surface area contributed by atoms with Crippen molar-refractivity contribution in [1.82, 2.24) is 0 Å². The predicted molar refractivity (Wildman–Crippen MR) is 88.7 cm³/mol. The van der Waals surface area contributed by atoms with E-state index in [1.807, 2.05) is 0 Å². The number of ketones is 1. The molecule has 0 atom stereocenters. The van der Waals surface area contributed by atoms with Gasteiger partial charge in [-0.3, -0.25) is 19.7 Å². The molecule has 0 aliphatic rings. The highest BCUT2D eigenvalue weighted by atomic mass is 35.5. The highest BCUT2D eigenvalue weighted by Gasteiger charge is 2.15. The third kappa shape index (κ3) is 4.30. The molecule has 2 aromatic rings. The second-order valence-corrected chi connectivity index (χ2v) is 5.21. The Labute approximate surface area is 142 Å². The van der Waals surface area contributed by atoms with Crippen molar-refractivity contribution in [3.8, 4) is 5.75 Å². The Morgan fingerprint density at radius 3 is 2.42 bits per heavy atom. The lowest BCUT2D eigenvalue weighted by atomic mass is 10.1. The molecule has 7 nitrogen and oxygen atoms in total. The van der Waals surface area contributed by atoms with E-state index in [0.29, 0.717) is 11.3 Å². The zero-order chi connectivity index (χ0) is 17.7. The summed E-state index contributed by atoms with van der Waals surface area (Å²) in [4.78, 5) is 34.0. The summed E-state index contributed by atoms with van der Waals surface area (Å²) in [6.45, 7) is 0. The first-order valence-electron chi connectivity index (χ1n) is 6.81. The normalized spacial score (nSPS) is 10.1. The number of hydrogen-bond acceptors (Lipinski definition) is 5. The summed E-state index contributed by atoms with van der Waals surface area (Å²) in [5, 5.41) is 13.1. The number of nitro groups is 1. The van der Waals surface area contributed by atoms with E-state index in [0.717, 1.165) is 6.07 Å². The minimum absolute atomic E-state index is 0.0226. The number of hydrogen-bond donors (Lipinski definition) is 1. The van der Waals surface area contributed by atoms with Crippen LogP contribution in [0.25, 0.3) is 0 Å². The number of carbonyl (C=O) groups is 2. The van der Waals surface area contributed by atoms with Crippen LogP contribution in [-0.4, -0.2) is 23.7 Å². The lowest BCUT2D eigenvalue weighted by molar-refractivity contribution is -0.384. The molecule has 2 aromatic carbocycles. The fourth-order valence-corrected chi connectivity index (χ4v) is 2.16. The molecule has 0 heterocycles. The summed E-state index contributed by atoms with van der Waals surface area (Å²) in [5.41, 5.74) is 0.392. The fourth-order valence-electron chi connectivity index (χ4n) is 1.94. The monoisotopic (exact) mass is 348 g/mol. The Hall–Kier alpha value is -2.93. The molecular weight excluding hydrogens is 336 g/mol. The van der Waals surface area contributed by atoms with Gasteiger partial charge in [0.1, 0.15) is 5.75 Å². The van der Waals surface area contributed by atoms with E-state index in [-0.39, 0.29) is 28.6 Å². The lowest BCUT2D eigenvalue weighted by Crippen LogP contribution is -2.16. The number of nitrogens with zero attached hydrogens (tertiary/aromatic N) is 1. The Morgan fingerprint density at radius 1 is 1.21 bits per heavy atom. The van der Waals surface area contributed by atoms with Crippen molar-refractivity contribution in [2.24, 2.45) is 0 Å². The van der Waals surface area contributed by atoms with Gasteiger partial charge in [0.25, 0.3) is 5.69 Å². The topological polar surface area (TPSA) is 98.5 Å². The molecule has 0 aliphatic carbocycles. The van der Waals surface area contributed by atoms with Gasteiger partial charge >= 0.3 is 0 Å². The fraction of sp³-hybridized carbons (Fsp3) is 0.125. The molecule has 0 bridgehead atoms. The lowest BCUT2D eigenvalue weighted by Gasteiger charge is -2.07. The van der Waals surface area contributed by atoms with Crippen LogP contribution in [0.4, 0.5) is 11.4 Å². The molecule has 124 valence electrons. The zero-order valence-corrected chi connectivity index (χ0v) is 13.4. The number of methoxy groups -OCH3 is 1. The van der Waals surface area contributed by atoms with Crippen molar-refractivity contribution in [2.45, 2.75) is 6.42 Å². The maximum Gasteiger partial charge on any atom is 0.271 e. The third-order valence-corrected chi connectivity index (χ3v) is 3.48. The van der Waals surface area contributed by atoms with E-state index in [9.17, 15) is 19.7 Å². The molecule has 0 aromatic heterocycles. The maximum absolute atomic E-state index is 12.0. The van der Waals surface area contributed by atoms with Gasteiger partial charge in [-0.25, -0.2) is 0 Å². The van der Waals surface area contributed by atoms with Crippen LogP contribution >= 0.6 is 11.6 Å². The summed E-state index contributed by atoms with van der Waals surface area (Å²) in [6, 6.07) is 10.0. The first kappa shape index (κ1) is 17.4. The van der Waals surface area contributed by atoms with E-state index in [2.05, 4.69) is 5.32 Å². The van der Waals surface area contributed by atoms with E-state index in [1.54, 1.807) is 24.3 Å². The number of rotatable bonds is 6. The molecule has 2 rings (SSSR count). The van der Waals surface area contributed by atoms with E-state index in [4.69, 9.17) is 16.3 Å². The number of nitro benzene ring substituents is 1. The van der Waals surface area contributed by atoms with Gasteiger partial charge in [-0.15, -0.1) is 0 Å². The average Bonchev–Trinajstić information content (AvgIpc) is 2.56. The molecule has 0 saturated carbocycles. The van der Waals surface area contributed by atoms with Gasteiger partial charge in [-0.2, -0.15) is 0 Å². The van der Waals surface area contributed by atoms with Crippen molar-refractivity contribution >= 4 is 34.7 Å². The molecule has 1 N–H and O–H groups in total. The van der Waals surface area contributed by atoms with Crippen LogP contribution in [0.5, 0.6) is 5.75 Å². The van der Waals surface area contributed by atoms with Crippen LogP contribution in [-0.2, 0) is 4.79 Å². The molecule has 0 fully saturated rings. The summed E-state index contributed by atoms with van der Waals surface area (Å²) in [6.07, 6.45) is -0.375. The van der Waals surface area contributed by atoms with Crippen LogP contribution in [0.2, 0.25) is 5.02 Å². The quantitative estimate of drug-likeness (QED) is 0.373. The summed E-state index contributed by atoms with van der Waals surface area (Å²) in [7, 11) is 1.51. The average molecular weight is 349 g/mol. The molecule has 24 heavy (non-hydrogen) atoms. The number of benzene rings is 2. The first-order chi connectivity index (χ1) is 11.4. The molecule has 0 aliphatic heterocycles. The number of non-ortho nitro benzene ring substituents is 1. The van der Waals surface area contributed by atoms with E-state index in [1.165, 1.54) is 19.2 Å². The third-order valence-electron chi connectivity index (χ3n) is 3.17. The smallest absolute Gasteiger partial charge is 0.271 e. The Bertz CT molecular complexity index is 790. The highest BCUT2D eigenvalue weighted by Crippen LogP contribution is 2.26. The van der Waals surface area contributed by atoms with Crippen molar-refractivity contribution < 1.29 is 19.2 Å². The minimum atomic E-state index is -0.593. The van der Waals surface area contributed by atoms with Gasteiger partial charge in [0.15, 0.2) is 5.78 Å². The highest BCUT2D eigenvalue weighted by molar-refractivity contribution is 6.34. The van der Waals surface area contributed by atoms with Gasteiger partial charge in [-0.05, 0) is 30.3 Å². The summed E-state index contributed by atoms with van der Waals surface area (Å²) >= 11 is 5.89. The van der Waals surface area contributed by atoms with Gasteiger partial charge in [0.05, 0.1) is 29.2 Å². The minimum Gasteiger partial charge on any atom is -0.497 e. The standard InChI is InChI=1S/C16H13ClN2O5/c1-24-12-5-2-10(3-6-12)15(20)9-16(21)18-14-7-4-11(19(22)23)8-13(14)17/h2-8H,9H2,1H3,(H,18,21). The van der Waals surface area contributed by atoms with Gasteiger partial charge in [-0.1, -0.05) is 11.6 Å². The number of nitrogens with one attached hydrogen (secondary N) is 1. The molecule has 0 unspecified atom stereocenters. The summed E-state index contributed by atoms with van der Waals surface area (Å²) < 4.78 is 5.00. The second kappa shape index (κ2) is 7.56. The molecule has 0 radical (unpaired) electrons. The Balaban J connectivity index is 2.02. The molecular formula is C16H13ClN2O5. The number of anilines is 1. The SMILES string of the molecule is COc1ccc(C(=O)CC(=O)Nc2ccc([N+](=O)[O-])cc2Cl)cc1. The Kier molecular flexibility index (Phi) is 5.49.